The van der Waals surface area contributed by atoms with Gasteiger partial charge in [-0.3, -0.25) is 4.79 Å². The summed E-state index contributed by atoms with van der Waals surface area (Å²) in [6.45, 7) is 2.06. The second-order valence-electron chi connectivity index (χ2n) is 5.45. The maximum atomic E-state index is 11.8. The molecule has 1 aromatic rings. The third kappa shape index (κ3) is 2.21. The number of fused-ring (bicyclic) bond motifs is 2. The van der Waals surface area contributed by atoms with E-state index in [0.29, 0.717) is 5.92 Å². The quantitative estimate of drug-likeness (QED) is 0.659. The van der Waals surface area contributed by atoms with Gasteiger partial charge < -0.3 is 0 Å². The molecule has 2 bridgehead atoms. The highest BCUT2D eigenvalue weighted by Crippen LogP contribution is 2.48. The molecule has 2 saturated carbocycles. The molecule has 1 N–H and O–H groups in total. The molecular weight excluding hydrogens is 244 g/mol. The smallest absolute Gasteiger partial charge is 0.266 e. The predicted molar refractivity (Wildman–Crippen MR) is 73.8 cm³/mol. The summed E-state index contributed by atoms with van der Waals surface area (Å²) in [7, 11) is 0. The zero-order valence-electron chi connectivity index (χ0n) is 10.6. The van der Waals surface area contributed by atoms with Crippen molar-refractivity contribution < 1.29 is 4.79 Å². The van der Waals surface area contributed by atoms with Gasteiger partial charge in [-0.1, -0.05) is 12.5 Å². The topological polar surface area (TPSA) is 41.5 Å². The third-order valence-electron chi connectivity index (χ3n) is 4.35. The average Bonchev–Trinajstić information content (AvgIpc) is 3.09. The summed E-state index contributed by atoms with van der Waals surface area (Å²) in [6.07, 6.45) is 5.39. The summed E-state index contributed by atoms with van der Waals surface area (Å²) in [4.78, 5) is 12.5. The monoisotopic (exact) mass is 262 g/mol. The molecule has 1 amide bonds. The largest absolute Gasteiger partial charge is 0.281 e. The molecule has 2 fully saturated rings. The molecule has 18 heavy (non-hydrogen) atoms. The number of carbonyl (C=O) groups excluding carboxylic acids is 1. The van der Waals surface area contributed by atoms with Crippen LogP contribution in [0.25, 0.3) is 0 Å². The Morgan fingerprint density at radius 1 is 1.44 bits per heavy atom. The Morgan fingerprint density at radius 2 is 2.33 bits per heavy atom. The molecule has 4 heteroatoms. The number of rotatable bonds is 3. The van der Waals surface area contributed by atoms with E-state index in [0.717, 1.165) is 22.4 Å². The van der Waals surface area contributed by atoms with Gasteiger partial charge in [0.25, 0.3) is 5.91 Å². The second kappa shape index (κ2) is 4.84. The number of amides is 1. The lowest BCUT2D eigenvalue weighted by atomic mass is 9.86. The summed E-state index contributed by atoms with van der Waals surface area (Å²) in [5, 5.41) is 6.21. The van der Waals surface area contributed by atoms with Gasteiger partial charge in [0.15, 0.2) is 0 Å². The summed E-state index contributed by atoms with van der Waals surface area (Å²) in [5.74, 6) is 2.25. The maximum Gasteiger partial charge on any atom is 0.281 e. The summed E-state index contributed by atoms with van der Waals surface area (Å²) in [5.41, 5.74) is 3.78. The third-order valence-corrected chi connectivity index (χ3v) is 5.22. The van der Waals surface area contributed by atoms with Crippen LogP contribution in [-0.2, 0) is 0 Å². The Morgan fingerprint density at radius 3 is 2.94 bits per heavy atom. The van der Waals surface area contributed by atoms with E-state index in [-0.39, 0.29) is 5.91 Å². The molecule has 3 rings (SSSR count). The highest BCUT2D eigenvalue weighted by Gasteiger charge is 2.40. The lowest BCUT2D eigenvalue weighted by Crippen LogP contribution is -2.24. The number of nitrogens with one attached hydrogen (secondary N) is 1. The van der Waals surface area contributed by atoms with E-state index in [1.165, 1.54) is 37.0 Å². The number of hydrazone groups is 1. The molecule has 3 atom stereocenters. The highest BCUT2D eigenvalue weighted by molar-refractivity contribution is 7.12. The van der Waals surface area contributed by atoms with Crippen molar-refractivity contribution >= 4 is 23.0 Å². The molecule has 0 aromatic carbocycles. The number of hydrogen-bond acceptors (Lipinski definition) is 3. The van der Waals surface area contributed by atoms with Crippen LogP contribution >= 0.6 is 11.3 Å². The minimum absolute atomic E-state index is 0.0903. The van der Waals surface area contributed by atoms with Crippen LogP contribution < -0.4 is 5.43 Å². The number of nitrogens with zero attached hydrogens (tertiary/aromatic N) is 1. The van der Waals surface area contributed by atoms with E-state index in [1.54, 1.807) is 0 Å². The van der Waals surface area contributed by atoms with Gasteiger partial charge >= 0.3 is 0 Å². The molecular formula is C14H18N2OS. The minimum Gasteiger partial charge on any atom is -0.266 e. The van der Waals surface area contributed by atoms with Crippen LogP contribution in [0.15, 0.2) is 22.6 Å². The molecule has 0 aliphatic heterocycles. The van der Waals surface area contributed by atoms with E-state index in [2.05, 4.69) is 17.5 Å². The summed E-state index contributed by atoms with van der Waals surface area (Å²) >= 11 is 1.45. The fraction of sp³-hybridized carbons (Fsp3) is 0.571. The van der Waals surface area contributed by atoms with Gasteiger partial charge in [-0.05, 0) is 49.5 Å². The van der Waals surface area contributed by atoms with Crippen LogP contribution in [0.1, 0.15) is 42.3 Å². The van der Waals surface area contributed by atoms with Gasteiger partial charge in [-0.2, -0.15) is 5.10 Å². The molecule has 3 unspecified atom stereocenters. The molecule has 3 nitrogen and oxygen atoms in total. The number of carbonyl (C=O) groups is 1. The van der Waals surface area contributed by atoms with Crippen molar-refractivity contribution in [2.75, 3.05) is 0 Å². The standard InChI is InChI=1S/C14H18N2OS/c1-9(12-8-10-4-5-11(12)7-10)15-16-14(17)13-3-2-6-18-13/h2-3,6,10-12H,4-5,7-8H2,1H3,(H,16,17). The lowest BCUT2D eigenvalue weighted by molar-refractivity contribution is 0.0958. The van der Waals surface area contributed by atoms with Gasteiger partial charge in [0.05, 0.1) is 4.88 Å². The molecule has 2 aliphatic carbocycles. The fourth-order valence-electron chi connectivity index (χ4n) is 3.44. The van der Waals surface area contributed by atoms with Gasteiger partial charge in [-0.25, -0.2) is 5.43 Å². The predicted octanol–water partition coefficient (Wildman–Crippen LogP) is 3.29. The average molecular weight is 262 g/mol. The first-order valence-corrected chi connectivity index (χ1v) is 7.50. The van der Waals surface area contributed by atoms with Crippen molar-refractivity contribution in [3.63, 3.8) is 0 Å². The van der Waals surface area contributed by atoms with Gasteiger partial charge in [0, 0.05) is 11.6 Å². The lowest BCUT2D eigenvalue weighted by Gasteiger charge is -2.21. The van der Waals surface area contributed by atoms with Crippen molar-refractivity contribution in [1.29, 1.82) is 0 Å². The van der Waals surface area contributed by atoms with Crippen molar-refractivity contribution in [2.45, 2.75) is 32.6 Å². The molecule has 1 aromatic heterocycles. The van der Waals surface area contributed by atoms with Crippen LogP contribution in [0, 0.1) is 17.8 Å². The maximum absolute atomic E-state index is 11.8. The van der Waals surface area contributed by atoms with Gasteiger partial charge in [-0.15, -0.1) is 11.3 Å². The van der Waals surface area contributed by atoms with E-state index in [1.807, 2.05) is 17.5 Å². The van der Waals surface area contributed by atoms with Gasteiger partial charge in [0.1, 0.15) is 0 Å². The first-order valence-electron chi connectivity index (χ1n) is 6.62. The molecule has 2 aliphatic rings. The minimum atomic E-state index is -0.0903. The second-order valence-corrected chi connectivity index (χ2v) is 6.40. The Balaban J connectivity index is 1.61. The normalized spacial score (nSPS) is 30.7. The number of thiophene rings is 1. The highest BCUT2D eigenvalue weighted by atomic mass is 32.1. The van der Waals surface area contributed by atoms with Crippen molar-refractivity contribution in [3.05, 3.63) is 22.4 Å². The first kappa shape index (κ1) is 11.9. The molecule has 0 saturated heterocycles. The zero-order chi connectivity index (χ0) is 12.5. The summed E-state index contributed by atoms with van der Waals surface area (Å²) in [6, 6.07) is 3.70. The van der Waals surface area contributed by atoms with Crippen LogP contribution in [0.2, 0.25) is 0 Å². The molecule has 0 radical (unpaired) electrons. The SMILES string of the molecule is CC(=NNC(=O)c1cccs1)C1CC2CCC1C2. The molecule has 1 heterocycles. The Hall–Kier alpha value is -1.16. The van der Waals surface area contributed by atoms with Crippen LogP contribution in [0.4, 0.5) is 0 Å². The fourth-order valence-corrected chi connectivity index (χ4v) is 4.05. The van der Waals surface area contributed by atoms with Crippen molar-refractivity contribution in [3.8, 4) is 0 Å². The van der Waals surface area contributed by atoms with Crippen LogP contribution in [0.5, 0.6) is 0 Å². The van der Waals surface area contributed by atoms with Crippen molar-refractivity contribution in [1.82, 2.24) is 5.43 Å². The van der Waals surface area contributed by atoms with Crippen molar-refractivity contribution in [2.24, 2.45) is 22.9 Å². The van der Waals surface area contributed by atoms with Crippen LogP contribution in [0.3, 0.4) is 0 Å². The van der Waals surface area contributed by atoms with Crippen LogP contribution in [-0.4, -0.2) is 11.6 Å². The summed E-state index contributed by atoms with van der Waals surface area (Å²) < 4.78 is 0. The van der Waals surface area contributed by atoms with E-state index < -0.39 is 0 Å². The van der Waals surface area contributed by atoms with Gasteiger partial charge in [0.2, 0.25) is 0 Å². The molecule has 96 valence electrons. The zero-order valence-corrected chi connectivity index (χ0v) is 11.4. The Bertz CT molecular complexity index is 466. The Kier molecular flexibility index (Phi) is 3.20. The first-order chi connectivity index (χ1) is 8.74. The molecule has 0 spiro atoms. The number of hydrogen-bond donors (Lipinski definition) is 1. The van der Waals surface area contributed by atoms with E-state index in [9.17, 15) is 4.79 Å². The Labute approximate surface area is 111 Å². The van der Waals surface area contributed by atoms with E-state index in [4.69, 9.17) is 0 Å². The van der Waals surface area contributed by atoms with E-state index >= 15 is 0 Å².